The van der Waals surface area contributed by atoms with E-state index in [1.807, 2.05) is 0 Å². The Morgan fingerprint density at radius 3 is 2.08 bits per heavy atom. The molecule has 2 fully saturated rings. The minimum atomic E-state index is -0.152. The summed E-state index contributed by atoms with van der Waals surface area (Å²) in [5.74, 6) is 0. The molecule has 0 unspecified atom stereocenters. The summed E-state index contributed by atoms with van der Waals surface area (Å²) in [7, 11) is 0. The Kier molecular flexibility index (Phi) is 3.73. The van der Waals surface area contributed by atoms with Gasteiger partial charge in [-0.05, 0) is 0 Å². The van der Waals surface area contributed by atoms with Crippen LogP contribution in [0.5, 0.6) is 0 Å². The van der Waals surface area contributed by atoms with Gasteiger partial charge >= 0.3 is 85.9 Å². The zero-order valence-corrected chi connectivity index (χ0v) is 10.6. The second kappa shape index (κ2) is 4.82. The summed E-state index contributed by atoms with van der Waals surface area (Å²) in [6, 6.07) is 0. The molecule has 2 aliphatic heterocycles. The zero-order chi connectivity index (χ0) is 8.23. The first-order valence-corrected chi connectivity index (χ1v) is 8.45. The van der Waals surface area contributed by atoms with Gasteiger partial charge < -0.3 is 0 Å². The van der Waals surface area contributed by atoms with E-state index in [0.717, 1.165) is 0 Å². The molecule has 2 radical (unpaired) electrons. The van der Waals surface area contributed by atoms with Crippen LogP contribution in [0.3, 0.4) is 0 Å². The molecule has 0 aromatic carbocycles. The fourth-order valence-electron chi connectivity index (χ4n) is 2.02. The fourth-order valence-corrected chi connectivity index (χ4v) is 5.87. The van der Waals surface area contributed by atoms with Crippen molar-refractivity contribution in [1.82, 2.24) is 8.02 Å². The number of hydrogen-bond acceptors (Lipinski definition) is 2. The standard InChI is InChI=1S/C5H10N.C4H8N.Sn/c1-6-4-2-3-5-6;1-2-4-5-3-1;/h1-5H2;1-4H2;/q;-1;+1. The summed E-state index contributed by atoms with van der Waals surface area (Å²) in [5, 5.41) is 0. The Labute approximate surface area is 85.9 Å². The van der Waals surface area contributed by atoms with Gasteiger partial charge in [-0.2, -0.15) is 0 Å². The van der Waals surface area contributed by atoms with Crippen LogP contribution in [-0.4, -0.2) is 60.2 Å². The summed E-state index contributed by atoms with van der Waals surface area (Å²) in [4.78, 5) is 2.68. The molecule has 12 heavy (non-hydrogen) atoms. The van der Waals surface area contributed by atoms with Gasteiger partial charge in [0.25, 0.3) is 0 Å². The van der Waals surface area contributed by atoms with Crippen LogP contribution in [0.2, 0.25) is 0 Å². The second-order valence-electron chi connectivity index (χ2n) is 3.84. The number of rotatable bonds is 3. The summed E-state index contributed by atoms with van der Waals surface area (Å²) < 4.78 is 4.27. The monoisotopic (exact) mass is 274 g/mol. The maximum atomic E-state index is 2.78. The second-order valence-corrected chi connectivity index (χ2v) is 7.45. The molecule has 0 aliphatic carbocycles. The average Bonchev–Trinajstić information content (AvgIpc) is 2.74. The summed E-state index contributed by atoms with van der Waals surface area (Å²) >= 11 is -0.152. The predicted molar refractivity (Wildman–Crippen MR) is 52.2 cm³/mol. The summed E-state index contributed by atoms with van der Waals surface area (Å²) in [5.41, 5.74) is 0. The van der Waals surface area contributed by atoms with Crippen molar-refractivity contribution in [3.8, 4) is 0 Å². The maximum absolute atomic E-state index is 2.78. The van der Waals surface area contributed by atoms with E-state index in [9.17, 15) is 0 Å². The number of hydrogen-bond donors (Lipinski definition) is 0. The van der Waals surface area contributed by atoms with Crippen molar-refractivity contribution in [1.29, 1.82) is 0 Å². The molecule has 3 heteroatoms. The normalized spacial score (nSPS) is 27.0. The van der Waals surface area contributed by atoms with Gasteiger partial charge in [0.1, 0.15) is 0 Å². The first-order chi connectivity index (χ1) is 5.95. The molecule has 2 saturated heterocycles. The van der Waals surface area contributed by atoms with E-state index >= 15 is 0 Å². The third-order valence-electron chi connectivity index (χ3n) is 2.82. The van der Waals surface area contributed by atoms with Gasteiger partial charge in [-0.3, -0.25) is 0 Å². The van der Waals surface area contributed by atoms with Crippen molar-refractivity contribution in [2.45, 2.75) is 25.7 Å². The molecule has 0 atom stereocenters. The van der Waals surface area contributed by atoms with Gasteiger partial charge in [-0.1, -0.05) is 0 Å². The SMILES string of the molecule is C1CCN([CH2][Sn][N]2CCCC2)C1. The molecular weight excluding hydrogens is 255 g/mol. The van der Waals surface area contributed by atoms with E-state index < -0.39 is 0 Å². The molecule has 2 aliphatic rings. The van der Waals surface area contributed by atoms with Gasteiger partial charge in [0.15, 0.2) is 0 Å². The van der Waals surface area contributed by atoms with E-state index in [1.165, 1.54) is 56.4 Å². The van der Waals surface area contributed by atoms with Gasteiger partial charge in [0, 0.05) is 0 Å². The average molecular weight is 273 g/mol. The van der Waals surface area contributed by atoms with Crippen LogP contribution >= 0.6 is 0 Å². The quantitative estimate of drug-likeness (QED) is 0.700. The van der Waals surface area contributed by atoms with Crippen molar-refractivity contribution in [3.05, 3.63) is 0 Å². The van der Waals surface area contributed by atoms with E-state index in [2.05, 4.69) is 8.02 Å². The molecule has 2 nitrogen and oxygen atoms in total. The van der Waals surface area contributed by atoms with Crippen LogP contribution in [0.1, 0.15) is 25.7 Å². The first-order valence-electron chi connectivity index (χ1n) is 5.16. The van der Waals surface area contributed by atoms with Gasteiger partial charge in [0.2, 0.25) is 0 Å². The molecule has 0 N–H and O–H groups in total. The van der Waals surface area contributed by atoms with Crippen LogP contribution in [0.15, 0.2) is 0 Å². The van der Waals surface area contributed by atoms with Gasteiger partial charge in [0.05, 0.1) is 0 Å². The van der Waals surface area contributed by atoms with Crippen LogP contribution in [0.25, 0.3) is 0 Å². The Bertz CT molecular complexity index is 112. The Balaban J connectivity index is 1.60. The Hall–Kier alpha value is 0.719. The molecule has 0 aromatic rings. The number of likely N-dealkylation sites (tertiary alicyclic amines) is 1. The fraction of sp³-hybridized carbons (Fsp3) is 1.00. The molecule has 0 amide bonds. The van der Waals surface area contributed by atoms with Crippen molar-refractivity contribution in [2.75, 3.05) is 30.7 Å². The zero-order valence-electron chi connectivity index (χ0n) is 7.76. The van der Waals surface area contributed by atoms with E-state index in [1.54, 1.807) is 0 Å². The van der Waals surface area contributed by atoms with Gasteiger partial charge in [-0.25, -0.2) is 0 Å². The minimum absolute atomic E-state index is 0.152. The molecule has 0 aromatic heterocycles. The van der Waals surface area contributed by atoms with Crippen LogP contribution in [-0.2, 0) is 0 Å². The van der Waals surface area contributed by atoms with E-state index in [0.29, 0.717) is 0 Å². The number of nitrogens with zero attached hydrogens (tertiary/aromatic N) is 2. The molecule has 0 saturated carbocycles. The predicted octanol–water partition coefficient (Wildman–Crippen LogP) is 0.755. The Morgan fingerprint density at radius 2 is 1.42 bits per heavy atom. The van der Waals surface area contributed by atoms with Crippen molar-refractivity contribution in [2.24, 2.45) is 0 Å². The topological polar surface area (TPSA) is 6.48 Å². The van der Waals surface area contributed by atoms with Gasteiger partial charge in [-0.15, -0.1) is 0 Å². The molecular formula is C9H18N2Sn. The molecule has 2 rings (SSSR count). The summed E-state index contributed by atoms with van der Waals surface area (Å²) in [6.45, 7) is 5.66. The Morgan fingerprint density at radius 1 is 0.833 bits per heavy atom. The third kappa shape index (κ3) is 2.60. The van der Waals surface area contributed by atoms with Crippen LogP contribution < -0.4 is 0 Å². The van der Waals surface area contributed by atoms with Crippen molar-refractivity contribution in [3.63, 3.8) is 0 Å². The van der Waals surface area contributed by atoms with Crippen LogP contribution in [0.4, 0.5) is 0 Å². The molecule has 0 bridgehead atoms. The first kappa shape index (κ1) is 9.28. The molecule has 68 valence electrons. The van der Waals surface area contributed by atoms with E-state index in [4.69, 9.17) is 0 Å². The van der Waals surface area contributed by atoms with Crippen LogP contribution in [0, 0.1) is 0 Å². The molecule has 0 spiro atoms. The molecule has 2 heterocycles. The third-order valence-corrected chi connectivity index (χ3v) is 7.06. The van der Waals surface area contributed by atoms with Crippen molar-refractivity contribution < 1.29 is 0 Å². The van der Waals surface area contributed by atoms with Crippen molar-refractivity contribution >= 4 is 21.4 Å². The summed E-state index contributed by atoms with van der Waals surface area (Å²) in [6.07, 6.45) is 5.86. The van der Waals surface area contributed by atoms with E-state index in [-0.39, 0.29) is 21.4 Å².